The van der Waals surface area contributed by atoms with Gasteiger partial charge in [-0.05, 0) is 67.6 Å². The normalized spacial score (nSPS) is 14.0. The summed E-state index contributed by atoms with van der Waals surface area (Å²) in [6.07, 6.45) is 3.25. The smallest absolute Gasteiger partial charge is 0.254 e. The summed E-state index contributed by atoms with van der Waals surface area (Å²) in [5, 5.41) is 0. The molecule has 0 bridgehead atoms. The van der Waals surface area contributed by atoms with Crippen LogP contribution in [-0.2, 0) is 22.0 Å². The third-order valence-corrected chi connectivity index (χ3v) is 8.76. The van der Waals surface area contributed by atoms with E-state index in [0.29, 0.717) is 38.3 Å². The Morgan fingerprint density at radius 1 is 0.895 bits per heavy atom. The molecule has 4 rings (SSSR count). The summed E-state index contributed by atoms with van der Waals surface area (Å²) in [5.41, 5.74) is 4.23. The first-order chi connectivity index (χ1) is 18.3. The maximum Gasteiger partial charge on any atom is 0.254 e. The monoisotopic (exact) mass is 534 g/mol. The molecule has 38 heavy (non-hydrogen) atoms. The predicted octanol–water partition coefficient (Wildman–Crippen LogP) is 5.67. The molecule has 0 saturated carbocycles. The molecule has 0 atom stereocenters. The number of sulfone groups is 1. The predicted molar refractivity (Wildman–Crippen MR) is 153 cm³/mol. The first-order valence-corrected chi connectivity index (χ1v) is 15.1. The van der Waals surface area contributed by atoms with Crippen LogP contribution in [0.5, 0.6) is 5.75 Å². The van der Waals surface area contributed by atoms with Gasteiger partial charge in [-0.1, -0.05) is 55.8 Å². The molecule has 0 unspecified atom stereocenters. The molecule has 0 radical (unpaired) electrons. The van der Waals surface area contributed by atoms with E-state index >= 15 is 0 Å². The van der Waals surface area contributed by atoms with Gasteiger partial charge in [0.25, 0.3) is 5.91 Å². The summed E-state index contributed by atoms with van der Waals surface area (Å²) in [7, 11) is -3.59. The van der Waals surface area contributed by atoms with E-state index in [9.17, 15) is 13.2 Å². The first-order valence-electron chi connectivity index (χ1n) is 13.5. The highest BCUT2D eigenvalue weighted by Gasteiger charge is 2.26. The molecular weight excluding hydrogens is 496 g/mol. The number of anilines is 1. The number of rotatable bonds is 10. The van der Waals surface area contributed by atoms with Crippen LogP contribution in [0.1, 0.15) is 53.7 Å². The quantitative estimate of drug-likeness (QED) is 0.335. The van der Waals surface area contributed by atoms with Crippen molar-refractivity contribution in [1.29, 1.82) is 0 Å². The van der Waals surface area contributed by atoms with Crippen LogP contribution >= 0.6 is 0 Å². The van der Waals surface area contributed by atoms with Gasteiger partial charge in [0.05, 0.1) is 22.9 Å². The zero-order valence-electron chi connectivity index (χ0n) is 22.7. The molecule has 3 aromatic rings. The van der Waals surface area contributed by atoms with Gasteiger partial charge in [-0.2, -0.15) is 0 Å². The van der Waals surface area contributed by atoms with Crippen LogP contribution in [0.15, 0.2) is 71.6 Å². The summed E-state index contributed by atoms with van der Waals surface area (Å²) in [4.78, 5) is 17.7. The zero-order chi connectivity index (χ0) is 27.1. The van der Waals surface area contributed by atoms with Crippen LogP contribution in [0, 0.1) is 6.92 Å². The van der Waals surface area contributed by atoms with Crippen molar-refractivity contribution in [2.75, 3.05) is 37.7 Å². The van der Waals surface area contributed by atoms with E-state index in [1.807, 2.05) is 67.3 Å². The Morgan fingerprint density at radius 3 is 2.26 bits per heavy atom. The molecule has 1 aliphatic heterocycles. The molecule has 7 heteroatoms. The molecule has 1 fully saturated rings. The average Bonchev–Trinajstić information content (AvgIpc) is 2.93. The number of unbranched alkanes of at least 4 members (excludes halogenated alkanes) is 1. The topological polar surface area (TPSA) is 66.9 Å². The molecule has 1 amide bonds. The number of benzene rings is 3. The minimum atomic E-state index is -3.59. The Hall–Kier alpha value is -3.32. The number of hydrogen-bond acceptors (Lipinski definition) is 5. The number of hydrogen-bond donors (Lipinski definition) is 0. The van der Waals surface area contributed by atoms with E-state index in [4.69, 9.17) is 4.74 Å². The van der Waals surface area contributed by atoms with Crippen molar-refractivity contribution >= 4 is 21.4 Å². The molecule has 1 saturated heterocycles. The van der Waals surface area contributed by atoms with Crippen molar-refractivity contribution in [3.63, 3.8) is 0 Å². The van der Waals surface area contributed by atoms with Crippen molar-refractivity contribution in [1.82, 2.24) is 4.90 Å². The minimum Gasteiger partial charge on any atom is -0.492 e. The highest BCUT2D eigenvalue weighted by molar-refractivity contribution is 7.90. The summed E-state index contributed by atoms with van der Waals surface area (Å²) in [5.74, 6) is 0.632. The largest absolute Gasteiger partial charge is 0.492 e. The van der Waals surface area contributed by atoms with Crippen LogP contribution < -0.4 is 9.64 Å². The summed E-state index contributed by atoms with van der Waals surface area (Å²) in [6, 6.07) is 20.7. The minimum absolute atomic E-state index is 0.0876. The molecule has 0 aliphatic carbocycles. The highest BCUT2D eigenvalue weighted by atomic mass is 32.2. The van der Waals surface area contributed by atoms with E-state index in [0.717, 1.165) is 41.8 Å². The lowest BCUT2D eigenvalue weighted by Gasteiger charge is -2.37. The van der Waals surface area contributed by atoms with Crippen molar-refractivity contribution in [3.05, 3.63) is 89.0 Å². The lowest BCUT2D eigenvalue weighted by atomic mass is 10.1. The molecular formula is C31H38N2O4S. The Kier molecular flexibility index (Phi) is 9.10. The van der Waals surface area contributed by atoms with Gasteiger partial charge >= 0.3 is 0 Å². The van der Waals surface area contributed by atoms with E-state index in [1.54, 1.807) is 18.2 Å². The van der Waals surface area contributed by atoms with Gasteiger partial charge in [0, 0.05) is 31.7 Å². The molecule has 0 aromatic heterocycles. The molecule has 1 heterocycles. The van der Waals surface area contributed by atoms with Gasteiger partial charge in [0.1, 0.15) is 5.75 Å². The van der Waals surface area contributed by atoms with Crippen molar-refractivity contribution in [2.24, 2.45) is 0 Å². The molecule has 0 N–H and O–H groups in total. The Morgan fingerprint density at radius 2 is 1.58 bits per heavy atom. The molecule has 1 aliphatic rings. The molecule has 0 spiro atoms. The van der Waals surface area contributed by atoms with Gasteiger partial charge < -0.3 is 14.5 Å². The average molecular weight is 535 g/mol. The number of piperazine rings is 1. The fraction of sp³-hybridized carbons (Fsp3) is 0.387. The second kappa shape index (κ2) is 12.5. The van der Waals surface area contributed by atoms with Crippen LogP contribution in [0.2, 0.25) is 0 Å². The van der Waals surface area contributed by atoms with Gasteiger partial charge in [-0.25, -0.2) is 8.42 Å². The SMILES string of the molecule is CCCCc1ccc(CS(=O)(=O)c2ccc(C)c(C(=O)N3CCN(c4ccccc4OCC)CC3)c2)cc1. The highest BCUT2D eigenvalue weighted by Crippen LogP contribution is 2.29. The number of amides is 1. The summed E-state index contributed by atoms with van der Waals surface area (Å²) >= 11 is 0. The van der Waals surface area contributed by atoms with E-state index in [-0.39, 0.29) is 16.6 Å². The number of aryl methyl sites for hydroxylation is 2. The maximum atomic E-state index is 13.5. The van der Waals surface area contributed by atoms with Crippen molar-refractivity contribution in [2.45, 2.75) is 50.7 Å². The van der Waals surface area contributed by atoms with E-state index in [2.05, 4.69) is 11.8 Å². The van der Waals surface area contributed by atoms with Gasteiger partial charge in [-0.15, -0.1) is 0 Å². The summed E-state index contributed by atoms with van der Waals surface area (Å²) in [6.45, 7) is 9.05. The molecule has 202 valence electrons. The van der Waals surface area contributed by atoms with Crippen molar-refractivity contribution < 1.29 is 17.9 Å². The molecule has 3 aromatic carbocycles. The van der Waals surface area contributed by atoms with Crippen molar-refractivity contribution in [3.8, 4) is 5.75 Å². The Balaban J connectivity index is 1.45. The van der Waals surface area contributed by atoms with Crippen LogP contribution in [0.25, 0.3) is 0 Å². The second-order valence-electron chi connectivity index (χ2n) is 9.84. The number of para-hydroxylation sites is 2. The van der Waals surface area contributed by atoms with Gasteiger partial charge in [0.2, 0.25) is 0 Å². The standard InChI is InChI=1S/C31H38N2O4S/c1-4-6-9-25-13-15-26(16-14-25)23-38(35,36)27-17-12-24(3)28(22-27)31(34)33-20-18-32(19-21-33)29-10-7-8-11-30(29)37-5-2/h7-8,10-17,22H,4-6,9,18-21,23H2,1-3H3. The lowest BCUT2D eigenvalue weighted by molar-refractivity contribution is 0.0745. The van der Waals surface area contributed by atoms with Gasteiger partial charge in [-0.3, -0.25) is 4.79 Å². The summed E-state index contributed by atoms with van der Waals surface area (Å²) < 4.78 is 32.3. The fourth-order valence-electron chi connectivity index (χ4n) is 4.83. The van der Waals surface area contributed by atoms with E-state index < -0.39 is 9.84 Å². The second-order valence-corrected chi connectivity index (χ2v) is 11.8. The fourth-order valence-corrected chi connectivity index (χ4v) is 6.20. The lowest BCUT2D eigenvalue weighted by Crippen LogP contribution is -2.49. The molecule has 6 nitrogen and oxygen atoms in total. The number of carbonyl (C=O) groups excluding carboxylic acids is 1. The van der Waals surface area contributed by atoms with Crippen LogP contribution in [0.3, 0.4) is 0 Å². The zero-order valence-corrected chi connectivity index (χ0v) is 23.5. The number of carbonyl (C=O) groups is 1. The third kappa shape index (κ3) is 6.57. The third-order valence-electron chi connectivity index (χ3n) is 7.07. The van der Waals surface area contributed by atoms with Crippen LogP contribution in [0.4, 0.5) is 5.69 Å². The number of nitrogens with zero attached hydrogens (tertiary/aromatic N) is 2. The van der Waals surface area contributed by atoms with Crippen LogP contribution in [-0.4, -0.2) is 52.0 Å². The Labute approximate surface area is 227 Å². The Bertz CT molecular complexity index is 1340. The first kappa shape index (κ1) is 27.7. The van der Waals surface area contributed by atoms with Gasteiger partial charge in [0.15, 0.2) is 9.84 Å². The maximum absolute atomic E-state index is 13.5. The van der Waals surface area contributed by atoms with E-state index in [1.165, 1.54) is 5.56 Å². The number of ether oxygens (including phenoxy) is 1.